The molecule has 1 heterocycles. The van der Waals surface area contributed by atoms with E-state index in [0.717, 1.165) is 5.56 Å². The van der Waals surface area contributed by atoms with Crippen LogP contribution in [0.1, 0.15) is 18.9 Å². The van der Waals surface area contributed by atoms with Crippen molar-refractivity contribution in [3.05, 3.63) is 42.0 Å². The number of ketones is 1. The number of halogens is 1. The molecule has 0 N–H and O–H groups in total. The lowest BCUT2D eigenvalue weighted by molar-refractivity contribution is -0.657. The van der Waals surface area contributed by atoms with Crippen LogP contribution in [0, 0.1) is 5.82 Å². The van der Waals surface area contributed by atoms with Crippen LogP contribution >= 0.6 is 0 Å². The monoisotopic (exact) mass is 289 g/mol. The van der Waals surface area contributed by atoms with E-state index in [1.807, 2.05) is 33.4 Å². The molecule has 0 atom stereocenters. The van der Waals surface area contributed by atoms with Crippen LogP contribution in [-0.2, 0) is 25.3 Å². The van der Waals surface area contributed by atoms with E-state index < -0.39 is 5.82 Å². The Morgan fingerprint density at radius 1 is 1.38 bits per heavy atom. The summed E-state index contributed by atoms with van der Waals surface area (Å²) in [6, 6.07) is 4.48. The number of imidazole rings is 1. The highest BCUT2D eigenvalue weighted by Crippen LogP contribution is 2.22. The Bertz CT molecular complexity index is 671. The first kappa shape index (κ1) is 15.0. The minimum atomic E-state index is -0.455. The van der Waals surface area contributed by atoms with Crippen molar-refractivity contribution in [2.75, 3.05) is 0 Å². The van der Waals surface area contributed by atoms with Crippen LogP contribution in [0.25, 0.3) is 0 Å². The predicted octanol–water partition coefficient (Wildman–Crippen LogP) is 2.93. The van der Waals surface area contributed by atoms with Gasteiger partial charge in [0.15, 0.2) is 5.82 Å². The predicted molar refractivity (Wildman–Crippen MR) is 76.2 cm³/mol. The molecule has 2 rings (SSSR count). The molecule has 6 heteroatoms. The largest absolute Gasteiger partial charge is 0.421 e. The molecular weight excluding hydrogens is 271 g/mol. The van der Waals surface area contributed by atoms with E-state index in [2.05, 4.69) is 10.2 Å². The first-order valence-electron chi connectivity index (χ1n) is 6.74. The number of benzene rings is 1. The highest BCUT2D eigenvalue weighted by molar-refractivity contribution is 5.80. The maximum atomic E-state index is 13.8. The smallest absolute Gasteiger partial charge is 0.299 e. The molecule has 0 aliphatic heterocycles. The van der Waals surface area contributed by atoms with Gasteiger partial charge in [-0.05, 0) is 17.7 Å². The number of rotatable bonds is 5. The van der Waals surface area contributed by atoms with Gasteiger partial charge in [-0.15, -0.1) is 0 Å². The van der Waals surface area contributed by atoms with E-state index in [1.165, 1.54) is 6.07 Å². The summed E-state index contributed by atoms with van der Waals surface area (Å²) in [5, 5.41) is 8.02. The van der Waals surface area contributed by atoms with Crippen LogP contribution in [0.2, 0.25) is 0 Å². The number of Topliss-reactive ketones (excluding diaryl/α,β-unsaturated/α-hetero) is 1. The molecule has 0 amide bonds. The quantitative estimate of drug-likeness (QED) is 0.616. The van der Waals surface area contributed by atoms with Gasteiger partial charge in [-0.2, -0.15) is 0 Å². The normalized spacial score (nSPS) is 11.2. The molecule has 0 unspecified atom stereocenters. The van der Waals surface area contributed by atoms with E-state index in [9.17, 15) is 9.18 Å². The van der Waals surface area contributed by atoms with E-state index in [-0.39, 0.29) is 17.9 Å². The number of carbonyl (C=O) groups is 1. The van der Waals surface area contributed by atoms with Crippen molar-refractivity contribution in [3.63, 3.8) is 0 Å². The lowest BCUT2D eigenvalue weighted by atomic mass is 10.1. The van der Waals surface area contributed by atoms with Crippen molar-refractivity contribution in [2.24, 2.45) is 24.3 Å². The van der Waals surface area contributed by atoms with Crippen molar-refractivity contribution >= 4 is 17.4 Å². The fourth-order valence-electron chi connectivity index (χ4n) is 1.92. The minimum absolute atomic E-state index is 0.110. The molecule has 0 aliphatic rings. The molecule has 21 heavy (non-hydrogen) atoms. The maximum Gasteiger partial charge on any atom is 0.421 e. The van der Waals surface area contributed by atoms with E-state index >= 15 is 0 Å². The minimum Gasteiger partial charge on any atom is -0.299 e. The highest BCUT2D eigenvalue weighted by Gasteiger charge is 2.12. The molecule has 0 aliphatic carbocycles. The Hall–Kier alpha value is -2.37. The number of hydrogen-bond acceptors (Lipinski definition) is 3. The van der Waals surface area contributed by atoms with Gasteiger partial charge in [0.1, 0.15) is 11.5 Å². The Labute approximate surface area is 122 Å². The van der Waals surface area contributed by atoms with Crippen molar-refractivity contribution in [2.45, 2.75) is 19.8 Å². The molecule has 1 aromatic heterocycles. The van der Waals surface area contributed by atoms with Crippen LogP contribution in [0.15, 0.2) is 40.8 Å². The van der Waals surface area contributed by atoms with Gasteiger partial charge in [0.25, 0.3) is 0 Å². The van der Waals surface area contributed by atoms with Crippen LogP contribution in [-0.4, -0.2) is 10.4 Å². The Morgan fingerprint density at radius 2 is 2.14 bits per heavy atom. The standard InChI is InChI=1S/C15H18FN4O/c1-4-12(21)9-11-5-6-13(16)14(10-11)17-18-15-19(2)7-8-20(15)3/h5-8,10H,4,9H2,1-3H3/q+1. The number of nitrogens with zero attached hydrogens (tertiary/aromatic N) is 4. The third-order valence-corrected chi connectivity index (χ3v) is 3.20. The molecule has 0 bridgehead atoms. The van der Waals surface area contributed by atoms with Crippen LogP contribution in [0.4, 0.5) is 16.0 Å². The zero-order valence-electron chi connectivity index (χ0n) is 12.4. The molecule has 0 fully saturated rings. The molecule has 0 spiro atoms. The average Bonchev–Trinajstić information content (AvgIpc) is 2.78. The second kappa shape index (κ2) is 6.39. The zero-order valence-corrected chi connectivity index (χ0v) is 12.4. The second-order valence-corrected chi connectivity index (χ2v) is 4.87. The topological polar surface area (TPSA) is 50.6 Å². The van der Waals surface area contributed by atoms with Gasteiger partial charge in [-0.1, -0.05) is 18.1 Å². The summed E-state index contributed by atoms with van der Waals surface area (Å²) >= 11 is 0. The molecule has 5 nitrogen and oxygen atoms in total. The summed E-state index contributed by atoms with van der Waals surface area (Å²) in [5.74, 6) is 0.256. The van der Waals surface area contributed by atoms with Gasteiger partial charge in [0.2, 0.25) is 0 Å². The lowest BCUT2D eigenvalue weighted by Crippen LogP contribution is -2.25. The highest BCUT2D eigenvalue weighted by atomic mass is 19.1. The third kappa shape index (κ3) is 3.59. The number of aromatic nitrogens is 2. The summed E-state index contributed by atoms with van der Waals surface area (Å²) in [6.07, 6.45) is 4.42. The first-order chi connectivity index (χ1) is 10.0. The molecule has 0 saturated carbocycles. The molecular formula is C15H18FN4O+. The first-order valence-corrected chi connectivity index (χ1v) is 6.74. The van der Waals surface area contributed by atoms with Crippen molar-refractivity contribution < 1.29 is 13.8 Å². The Balaban J connectivity index is 2.27. The van der Waals surface area contributed by atoms with Crippen molar-refractivity contribution in [1.29, 1.82) is 0 Å². The summed E-state index contributed by atoms with van der Waals surface area (Å²) in [7, 11) is 3.67. The van der Waals surface area contributed by atoms with E-state index in [4.69, 9.17) is 0 Å². The molecule has 0 radical (unpaired) electrons. The lowest BCUT2D eigenvalue weighted by Gasteiger charge is -2.00. The molecule has 2 aromatic rings. The van der Waals surface area contributed by atoms with E-state index in [1.54, 1.807) is 21.3 Å². The molecule has 0 saturated heterocycles. The van der Waals surface area contributed by atoms with Crippen molar-refractivity contribution in [1.82, 2.24) is 4.57 Å². The van der Waals surface area contributed by atoms with Gasteiger partial charge in [-0.3, -0.25) is 4.79 Å². The van der Waals surface area contributed by atoms with Gasteiger partial charge < -0.3 is 0 Å². The van der Waals surface area contributed by atoms with Crippen molar-refractivity contribution in [3.8, 4) is 0 Å². The van der Waals surface area contributed by atoms with Gasteiger partial charge >= 0.3 is 5.95 Å². The fourth-order valence-corrected chi connectivity index (χ4v) is 1.92. The number of azo groups is 1. The average molecular weight is 289 g/mol. The summed E-state index contributed by atoms with van der Waals surface area (Å²) in [4.78, 5) is 11.5. The summed E-state index contributed by atoms with van der Waals surface area (Å²) in [5.41, 5.74) is 0.881. The van der Waals surface area contributed by atoms with Gasteiger partial charge in [-0.25, -0.2) is 13.5 Å². The van der Waals surface area contributed by atoms with Crippen LogP contribution in [0.3, 0.4) is 0 Å². The SMILES string of the molecule is CCC(=O)Cc1ccc(F)c(N=Nc2n(C)cc[n+]2C)c1. The van der Waals surface area contributed by atoms with E-state index in [0.29, 0.717) is 12.4 Å². The molecule has 110 valence electrons. The fraction of sp³-hybridized carbons (Fsp3) is 0.333. The number of carbonyl (C=O) groups excluding carboxylic acids is 1. The summed E-state index contributed by atoms with van der Waals surface area (Å²) in [6.45, 7) is 1.81. The van der Waals surface area contributed by atoms with Gasteiger partial charge in [0, 0.05) is 18.0 Å². The third-order valence-electron chi connectivity index (χ3n) is 3.20. The Morgan fingerprint density at radius 3 is 2.76 bits per heavy atom. The van der Waals surface area contributed by atoms with Gasteiger partial charge in [0.05, 0.1) is 26.5 Å². The summed E-state index contributed by atoms with van der Waals surface area (Å²) < 4.78 is 17.3. The number of hydrogen-bond donors (Lipinski definition) is 0. The Kier molecular flexibility index (Phi) is 4.57. The molecule has 1 aromatic carbocycles. The van der Waals surface area contributed by atoms with Crippen LogP contribution < -0.4 is 4.57 Å². The van der Waals surface area contributed by atoms with Crippen LogP contribution in [0.5, 0.6) is 0 Å². The number of aryl methyl sites for hydroxylation is 2. The second-order valence-electron chi connectivity index (χ2n) is 4.87. The zero-order chi connectivity index (χ0) is 15.4. The maximum absolute atomic E-state index is 13.8.